The van der Waals surface area contributed by atoms with E-state index in [1.54, 1.807) is 6.20 Å². The first-order valence-corrected chi connectivity index (χ1v) is 9.21. The van der Waals surface area contributed by atoms with Crippen LogP contribution in [0.5, 0.6) is 0 Å². The van der Waals surface area contributed by atoms with E-state index in [2.05, 4.69) is 20.3 Å². The lowest BCUT2D eigenvalue weighted by Gasteiger charge is -2.19. The summed E-state index contributed by atoms with van der Waals surface area (Å²) in [7, 11) is -3.80. The standard InChI is InChI=1S/C13H18N6O6S/c20-6-8(1-2-19-5-9(21)18-26(19,24)25)14-3-7-4-15-11-10(7)16-13(23)17-12(11)22/h4,8,14-15,20H,1-3,5-6H2,(H,18,21)(H2,16,17,22,23)/t8-/m0/s1. The highest BCUT2D eigenvalue weighted by atomic mass is 32.2. The summed E-state index contributed by atoms with van der Waals surface area (Å²) in [4.78, 5) is 41.7. The Morgan fingerprint density at radius 3 is 2.65 bits per heavy atom. The summed E-state index contributed by atoms with van der Waals surface area (Å²) < 4.78 is 26.2. The second-order valence-electron chi connectivity index (χ2n) is 5.89. The molecule has 2 aromatic heterocycles. The maximum absolute atomic E-state index is 11.7. The molecule has 142 valence electrons. The smallest absolute Gasteiger partial charge is 0.326 e. The second-order valence-corrected chi connectivity index (χ2v) is 7.56. The van der Waals surface area contributed by atoms with Gasteiger partial charge in [0.05, 0.1) is 18.7 Å². The lowest BCUT2D eigenvalue weighted by atomic mass is 10.2. The first-order chi connectivity index (χ1) is 12.3. The molecule has 0 bridgehead atoms. The van der Waals surface area contributed by atoms with Crippen LogP contribution in [0.25, 0.3) is 11.0 Å². The van der Waals surface area contributed by atoms with Crippen molar-refractivity contribution in [1.82, 2.24) is 29.3 Å². The van der Waals surface area contributed by atoms with Gasteiger partial charge in [-0.1, -0.05) is 0 Å². The van der Waals surface area contributed by atoms with Crippen molar-refractivity contribution < 1.29 is 18.3 Å². The van der Waals surface area contributed by atoms with Gasteiger partial charge in [-0.25, -0.2) is 9.52 Å². The van der Waals surface area contributed by atoms with Gasteiger partial charge in [-0.2, -0.15) is 12.7 Å². The number of carbonyl (C=O) groups is 1. The Balaban J connectivity index is 1.64. The molecule has 2 aromatic rings. The molecule has 13 heteroatoms. The SMILES string of the molecule is O=C1CN(CC[C@@H](CO)NCc2c[nH]c3c(=O)[nH]c(=O)[nH]c23)S(=O)(=O)N1. The highest BCUT2D eigenvalue weighted by Gasteiger charge is 2.33. The second kappa shape index (κ2) is 7.03. The number of fused-ring (bicyclic) bond motifs is 1. The summed E-state index contributed by atoms with van der Waals surface area (Å²) in [6, 6.07) is -0.445. The number of aromatic amines is 3. The Morgan fingerprint density at radius 2 is 2.00 bits per heavy atom. The van der Waals surface area contributed by atoms with E-state index < -0.39 is 33.4 Å². The molecule has 0 spiro atoms. The summed E-state index contributed by atoms with van der Waals surface area (Å²) in [5.41, 5.74) is 0.0467. The molecule has 1 aliphatic rings. The van der Waals surface area contributed by atoms with Crippen molar-refractivity contribution in [1.29, 1.82) is 0 Å². The first kappa shape index (κ1) is 18.3. The van der Waals surface area contributed by atoms with Gasteiger partial charge < -0.3 is 20.4 Å². The Morgan fingerprint density at radius 1 is 1.23 bits per heavy atom. The molecule has 0 aliphatic carbocycles. The molecule has 6 N–H and O–H groups in total. The highest BCUT2D eigenvalue weighted by Crippen LogP contribution is 2.12. The van der Waals surface area contributed by atoms with Crippen LogP contribution >= 0.6 is 0 Å². The number of aromatic nitrogens is 3. The third kappa shape index (κ3) is 3.70. The third-order valence-corrected chi connectivity index (χ3v) is 5.56. The van der Waals surface area contributed by atoms with E-state index in [0.29, 0.717) is 11.1 Å². The van der Waals surface area contributed by atoms with Crippen LogP contribution in [0.2, 0.25) is 0 Å². The fourth-order valence-electron chi connectivity index (χ4n) is 2.73. The van der Waals surface area contributed by atoms with Crippen LogP contribution in [0.4, 0.5) is 0 Å². The fourth-order valence-corrected chi connectivity index (χ4v) is 3.85. The number of aliphatic hydroxyl groups is 1. The molecule has 1 atom stereocenters. The van der Waals surface area contributed by atoms with Crippen molar-refractivity contribution in [2.75, 3.05) is 19.7 Å². The summed E-state index contributed by atoms with van der Waals surface area (Å²) in [5, 5.41) is 12.5. The minimum absolute atomic E-state index is 0.0592. The summed E-state index contributed by atoms with van der Waals surface area (Å²) in [6.07, 6.45) is 1.83. The number of amides is 1. The Bertz CT molecular complexity index is 1040. The number of rotatable bonds is 7. The van der Waals surface area contributed by atoms with E-state index in [0.717, 1.165) is 4.31 Å². The molecule has 0 radical (unpaired) electrons. The molecule has 26 heavy (non-hydrogen) atoms. The van der Waals surface area contributed by atoms with E-state index in [9.17, 15) is 27.9 Å². The number of H-pyrrole nitrogens is 3. The Labute approximate surface area is 146 Å². The molecule has 1 saturated heterocycles. The normalized spacial score (nSPS) is 18.3. The minimum Gasteiger partial charge on any atom is -0.395 e. The summed E-state index contributed by atoms with van der Waals surface area (Å²) in [5.74, 6) is -0.591. The van der Waals surface area contributed by atoms with Gasteiger partial charge in [0.1, 0.15) is 5.52 Å². The quantitative estimate of drug-likeness (QED) is 0.294. The van der Waals surface area contributed by atoms with Gasteiger partial charge in [0.15, 0.2) is 0 Å². The molecule has 0 aromatic carbocycles. The molecule has 12 nitrogen and oxygen atoms in total. The third-order valence-electron chi connectivity index (χ3n) is 4.09. The van der Waals surface area contributed by atoms with Crippen molar-refractivity contribution in [3.05, 3.63) is 32.6 Å². The number of carbonyl (C=O) groups excluding carboxylic acids is 1. The van der Waals surface area contributed by atoms with Crippen molar-refractivity contribution in [3.63, 3.8) is 0 Å². The molecule has 1 amide bonds. The number of aliphatic hydroxyl groups excluding tert-OH is 1. The lowest BCUT2D eigenvalue weighted by molar-refractivity contribution is -0.118. The Kier molecular flexibility index (Phi) is 4.95. The van der Waals surface area contributed by atoms with Crippen LogP contribution in [-0.4, -0.2) is 64.4 Å². The monoisotopic (exact) mass is 386 g/mol. The van der Waals surface area contributed by atoms with Crippen LogP contribution in [0.15, 0.2) is 15.8 Å². The fraction of sp³-hybridized carbons (Fsp3) is 0.462. The Hall–Kier alpha value is -2.48. The van der Waals surface area contributed by atoms with Crippen molar-refractivity contribution in [2.24, 2.45) is 0 Å². The maximum atomic E-state index is 11.7. The van der Waals surface area contributed by atoms with E-state index in [4.69, 9.17) is 0 Å². The number of hydrogen-bond acceptors (Lipinski definition) is 7. The van der Waals surface area contributed by atoms with Crippen molar-refractivity contribution in [3.8, 4) is 0 Å². The van der Waals surface area contributed by atoms with Crippen LogP contribution < -0.4 is 21.3 Å². The molecule has 0 saturated carbocycles. The predicted octanol–water partition coefficient (Wildman–Crippen LogP) is -2.94. The average Bonchev–Trinajstić information content (AvgIpc) is 3.07. The molecule has 1 aliphatic heterocycles. The van der Waals surface area contributed by atoms with E-state index in [1.807, 2.05) is 4.72 Å². The molecule has 1 fully saturated rings. The van der Waals surface area contributed by atoms with Crippen LogP contribution in [-0.2, 0) is 21.5 Å². The zero-order valence-corrected chi connectivity index (χ0v) is 14.4. The van der Waals surface area contributed by atoms with Crippen LogP contribution in [0, 0.1) is 0 Å². The molecule has 3 rings (SSSR count). The summed E-state index contributed by atoms with van der Waals surface area (Å²) in [6.45, 7) is -0.208. The van der Waals surface area contributed by atoms with Gasteiger partial charge in [0, 0.05) is 30.9 Å². The topological polar surface area (TPSA) is 180 Å². The zero-order chi connectivity index (χ0) is 18.9. The summed E-state index contributed by atoms with van der Waals surface area (Å²) >= 11 is 0. The van der Waals surface area contributed by atoms with Crippen LogP contribution in [0.3, 0.4) is 0 Å². The zero-order valence-electron chi connectivity index (χ0n) is 13.5. The maximum Gasteiger partial charge on any atom is 0.326 e. The van der Waals surface area contributed by atoms with E-state index in [-0.39, 0.29) is 38.2 Å². The van der Waals surface area contributed by atoms with Crippen LogP contribution in [0.1, 0.15) is 12.0 Å². The minimum atomic E-state index is -3.80. The van der Waals surface area contributed by atoms with E-state index in [1.165, 1.54) is 0 Å². The number of nitrogens with one attached hydrogen (secondary N) is 5. The average molecular weight is 386 g/mol. The predicted molar refractivity (Wildman–Crippen MR) is 90.5 cm³/mol. The molecule has 0 unspecified atom stereocenters. The van der Waals surface area contributed by atoms with Crippen molar-refractivity contribution >= 4 is 27.1 Å². The van der Waals surface area contributed by atoms with Gasteiger partial charge in [0.25, 0.3) is 5.56 Å². The van der Waals surface area contributed by atoms with Gasteiger partial charge in [0.2, 0.25) is 5.91 Å². The first-order valence-electron chi connectivity index (χ1n) is 7.77. The van der Waals surface area contributed by atoms with Gasteiger partial charge >= 0.3 is 15.9 Å². The van der Waals surface area contributed by atoms with Gasteiger partial charge in [-0.05, 0) is 6.42 Å². The number of nitrogens with zero attached hydrogens (tertiary/aromatic N) is 1. The highest BCUT2D eigenvalue weighted by molar-refractivity contribution is 7.88. The van der Waals surface area contributed by atoms with Gasteiger partial charge in [-0.15, -0.1) is 0 Å². The number of hydrogen-bond donors (Lipinski definition) is 6. The lowest BCUT2D eigenvalue weighted by Crippen LogP contribution is -2.38. The largest absolute Gasteiger partial charge is 0.395 e. The van der Waals surface area contributed by atoms with Crippen molar-refractivity contribution in [2.45, 2.75) is 19.0 Å². The molecular weight excluding hydrogens is 368 g/mol. The molecule has 3 heterocycles. The van der Waals surface area contributed by atoms with E-state index >= 15 is 0 Å². The van der Waals surface area contributed by atoms with Gasteiger partial charge in [-0.3, -0.25) is 14.6 Å². The molecular formula is C13H18N6O6S.